The average molecular weight is 542 g/mol. The van der Waals surface area contributed by atoms with Gasteiger partial charge in [0, 0.05) is 23.8 Å². The Balaban J connectivity index is 2.82. The van der Waals surface area contributed by atoms with Crippen molar-refractivity contribution in [3.63, 3.8) is 0 Å². The van der Waals surface area contributed by atoms with E-state index in [2.05, 4.69) is 33.0 Å². The number of carbonyl (C=O) groups is 3. The Labute approximate surface area is 231 Å². The number of hydrogen-bond acceptors (Lipinski definition) is 6. The second-order valence-electron chi connectivity index (χ2n) is 13.0. The van der Waals surface area contributed by atoms with Crippen molar-refractivity contribution in [1.29, 1.82) is 0 Å². The first kappa shape index (κ1) is 33.9. The Morgan fingerprint density at radius 3 is 2.24 bits per heavy atom. The van der Waals surface area contributed by atoms with E-state index in [9.17, 15) is 14.4 Å². The van der Waals surface area contributed by atoms with E-state index < -0.39 is 12.0 Å². The monoisotopic (exact) mass is 541 g/mol. The molecule has 216 valence electrons. The molecule has 0 radical (unpaired) electrons. The van der Waals surface area contributed by atoms with Gasteiger partial charge in [-0.05, 0) is 58.3 Å². The minimum absolute atomic E-state index is 0.0178. The van der Waals surface area contributed by atoms with Crippen LogP contribution in [0.4, 0.5) is 0 Å². The topological polar surface area (TPSA) is 81.7 Å². The third-order valence-corrected chi connectivity index (χ3v) is 8.69. The summed E-state index contributed by atoms with van der Waals surface area (Å²) in [6.45, 7) is 19.8. The number of ether oxygens (including phenoxy) is 2. The Bertz CT molecular complexity index is 717. The smallest absolute Gasteiger partial charge is 0.316 e. The van der Waals surface area contributed by atoms with E-state index in [1.54, 1.807) is 6.92 Å². The van der Waals surface area contributed by atoms with Gasteiger partial charge in [0.05, 0.1) is 23.7 Å². The molecular formula is C30H55NO5S. The molecule has 0 aliphatic carbocycles. The van der Waals surface area contributed by atoms with Crippen molar-refractivity contribution in [3.8, 4) is 0 Å². The molecule has 0 aromatic rings. The van der Waals surface area contributed by atoms with Crippen LogP contribution in [-0.4, -0.2) is 53.0 Å². The zero-order chi connectivity index (χ0) is 28.2. The molecule has 1 heterocycles. The van der Waals surface area contributed by atoms with Crippen LogP contribution in [0.2, 0.25) is 0 Å². The van der Waals surface area contributed by atoms with Gasteiger partial charge in [0.2, 0.25) is 5.91 Å². The fraction of sp³-hybridized carbons (Fsp3) is 0.900. The summed E-state index contributed by atoms with van der Waals surface area (Å²) in [5.41, 5.74) is -0.194. The highest BCUT2D eigenvalue weighted by Gasteiger charge is 2.33. The molecule has 0 aromatic heterocycles. The molecule has 37 heavy (non-hydrogen) atoms. The zero-order valence-corrected chi connectivity index (χ0v) is 25.9. The molecule has 6 nitrogen and oxygen atoms in total. The van der Waals surface area contributed by atoms with E-state index in [0.717, 1.165) is 32.1 Å². The number of thioether (sulfide) groups is 1. The highest BCUT2D eigenvalue weighted by atomic mass is 32.2. The summed E-state index contributed by atoms with van der Waals surface area (Å²) < 4.78 is 11.5. The first-order valence-electron chi connectivity index (χ1n) is 14.4. The normalized spacial score (nSPS) is 28.0. The van der Waals surface area contributed by atoms with Gasteiger partial charge >= 0.3 is 5.97 Å². The SMILES string of the molecule is CC1CCCNC(=O)CC(OC(=O)CSC(C)(C)CCOC(C)(C)C)C(C)C(=O)C(C)CC(C)CCC1. The summed E-state index contributed by atoms with van der Waals surface area (Å²) in [5.74, 6) is 0.153. The van der Waals surface area contributed by atoms with Crippen LogP contribution in [0.5, 0.6) is 0 Å². The lowest BCUT2D eigenvalue weighted by atomic mass is 9.83. The maximum Gasteiger partial charge on any atom is 0.316 e. The van der Waals surface area contributed by atoms with Crippen LogP contribution in [-0.2, 0) is 23.9 Å². The van der Waals surface area contributed by atoms with E-state index in [1.807, 2.05) is 27.7 Å². The van der Waals surface area contributed by atoms with Crippen molar-refractivity contribution in [2.75, 3.05) is 18.9 Å². The van der Waals surface area contributed by atoms with Crippen LogP contribution in [0.1, 0.15) is 114 Å². The lowest BCUT2D eigenvalue weighted by molar-refractivity contribution is -0.152. The van der Waals surface area contributed by atoms with Gasteiger partial charge in [-0.3, -0.25) is 14.4 Å². The van der Waals surface area contributed by atoms with E-state index >= 15 is 0 Å². The largest absolute Gasteiger partial charge is 0.460 e. The quantitative estimate of drug-likeness (QED) is 0.366. The number of esters is 1. The molecule has 1 rings (SSSR count). The van der Waals surface area contributed by atoms with Gasteiger partial charge in [-0.25, -0.2) is 0 Å². The maximum atomic E-state index is 13.3. The number of Topliss-reactive ketones (excluding diaryl/α,β-unsaturated/α-hetero) is 1. The number of hydrogen-bond donors (Lipinski definition) is 1. The zero-order valence-electron chi connectivity index (χ0n) is 25.1. The van der Waals surface area contributed by atoms with Crippen molar-refractivity contribution >= 4 is 29.4 Å². The number of rotatable bonds is 7. The average Bonchev–Trinajstić information content (AvgIpc) is 2.77. The van der Waals surface area contributed by atoms with Crippen molar-refractivity contribution in [2.24, 2.45) is 23.7 Å². The van der Waals surface area contributed by atoms with E-state index in [4.69, 9.17) is 9.47 Å². The summed E-state index contributed by atoms with van der Waals surface area (Å²) in [6, 6.07) is 0. The molecular weight excluding hydrogens is 486 g/mol. The summed E-state index contributed by atoms with van der Waals surface area (Å²) in [5, 5.41) is 2.97. The Morgan fingerprint density at radius 2 is 1.59 bits per heavy atom. The van der Waals surface area contributed by atoms with Gasteiger partial charge in [-0.1, -0.05) is 60.8 Å². The van der Waals surface area contributed by atoms with Crippen molar-refractivity contribution in [3.05, 3.63) is 0 Å². The van der Waals surface area contributed by atoms with E-state index in [-0.39, 0.29) is 46.1 Å². The van der Waals surface area contributed by atoms with Gasteiger partial charge in [-0.15, -0.1) is 11.8 Å². The van der Waals surface area contributed by atoms with Gasteiger partial charge in [0.1, 0.15) is 11.9 Å². The van der Waals surface area contributed by atoms with Crippen LogP contribution in [0, 0.1) is 23.7 Å². The van der Waals surface area contributed by atoms with E-state index in [1.165, 1.54) is 24.6 Å². The number of amides is 1. The van der Waals surface area contributed by atoms with Gasteiger partial charge in [0.25, 0.3) is 0 Å². The van der Waals surface area contributed by atoms with Crippen LogP contribution in [0.15, 0.2) is 0 Å². The van der Waals surface area contributed by atoms with Crippen molar-refractivity contribution in [1.82, 2.24) is 5.32 Å². The van der Waals surface area contributed by atoms with Crippen molar-refractivity contribution in [2.45, 2.75) is 130 Å². The number of nitrogens with one attached hydrogen (secondary N) is 1. The molecule has 0 aromatic carbocycles. The lowest BCUT2D eigenvalue weighted by Crippen LogP contribution is -2.39. The summed E-state index contributed by atoms with van der Waals surface area (Å²) >= 11 is 1.52. The second-order valence-corrected chi connectivity index (χ2v) is 14.6. The van der Waals surface area contributed by atoms with Crippen LogP contribution < -0.4 is 5.32 Å². The third kappa shape index (κ3) is 15.2. The predicted molar refractivity (Wildman–Crippen MR) is 154 cm³/mol. The molecule has 1 fully saturated rings. The molecule has 1 aliphatic rings. The van der Waals surface area contributed by atoms with Gasteiger partial charge in [0.15, 0.2) is 0 Å². The molecule has 5 unspecified atom stereocenters. The minimum Gasteiger partial charge on any atom is -0.460 e. The van der Waals surface area contributed by atoms with Gasteiger partial charge in [-0.2, -0.15) is 0 Å². The summed E-state index contributed by atoms with van der Waals surface area (Å²) in [7, 11) is 0. The molecule has 1 aliphatic heterocycles. The number of ketones is 1. The van der Waals surface area contributed by atoms with Gasteiger partial charge < -0.3 is 14.8 Å². The summed E-state index contributed by atoms with van der Waals surface area (Å²) in [6.07, 6.45) is 6.40. The minimum atomic E-state index is -0.752. The fourth-order valence-electron chi connectivity index (χ4n) is 4.81. The highest BCUT2D eigenvalue weighted by Crippen LogP contribution is 2.30. The molecule has 7 heteroatoms. The lowest BCUT2D eigenvalue weighted by Gasteiger charge is -2.28. The second kappa shape index (κ2) is 16.1. The maximum absolute atomic E-state index is 13.3. The fourth-order valence-corrected chi connectivity index (χ4v) is 5.62. The molecule has 5 atom stereocenters. The Kier molecular flexibility index (Phi) is 14.8. The predicted octanol–water partition coefficient (Wildman–Crippen LogP) is 6.59. The molecule has 0 saturated carbocycles. The Hall–Kier alpha value is -1.08. The van der Waals surface area contributed by atoms with Crippen LogP contribution in [0.25, 0.3) is 0 Å². The first-order chi connectivity index (χ1) is 17.1. The number of carbonyl (C=O) groups excluding carboxylic acids is 3. The van der Waals surface area contributed by atoms with Crippen molar-refractivity contribution < 1.29 is 23.9 Å². The Morgan fingerprint density at radius 1 is 0.973 bits per heavy atom. The van der Waals surface area contributed by atoms with Crippen LogP contribution in [0.3, 0.4) is 0 Å². The molecule has 0 bridgehead atoms. The molecule has 1 amide bonds. The molecule has 1 saturated heterocycles. The van der Waals surface area contributed by atoms with Crippen LogP contribution >= 0.6 is 11.8 Å². The highest BCUT2D eigenvalue weighted by molar-refractivity contribution is 8.01. The molecule has 1 N–H and O–H groups in total. The first-order valence-corrected chi connectivity index (χ1v) is 15.4. The van der Waals surface area contributed by atoms with E-state index in [0.29, 0.717) is 25.0 Å². The standard InChI is InChI=1S/C30H55NO5S/c1-21-12-10-13-22(2)18-23(3)28(34)24(4)25(19-26(32)31-16-11-14-21)36-27(33)20-37-30(8,9)15-17-35-29(5,6)7/h21-25H,10-20H2,1-9H3,(H,31,32). The summed E-state index contributed by atoms with van der Waals surface area (Å²) in [4.78, 5) is 38.9. The molecule has 0 spiro atoms. The third-order valence-electron chi connectivity index (χ3n) is 7.33.